The standard InChI is InChI=1S/C12H23N3O2/c1-2-10(13)12(17)14-7-6-11(16)15-8-4-3-5-9-15/h10H,2-9,13H2,1H3,(H,14,17). The lowest BCUT2D eigenvalue weighted by molar-refractivity contribution is -0.132. The summed E-state index contributed by atoms with van der Waals surface area (Å²) >= 11 is 0. The lowest BCUT2D eigenvalue weighted by Gasteiger charge is -2.26. The summed E-state index contributed by atoms with van der Waals surface area (Å²) in [7, 11) is 0. The van der Waals surface area contributed by atoms with Crippen LogP contribution in [-0.4, -0.2) is 42.4 Å². The number of amides is 2. The molecule has 0 saturated carbocycles. The monoisotopic (exact) mass is 241 g/mol. The molecule has 17 heavy (non-hydrogen) atoms. The van der Waals surface area contributed by atoms with Gasteiger partial charge in [0.1, 0.15) is 0 Å². The van der Waals surface area contributed by atoms with Gasteiger partial charge >= 0.3 is 0 Å². The molecule has 3 N–H and O–H groups in total. The number of likely N-dealkylation sites (tertiary alicyclic amines) is 1. The van der Waals surface area contributed by atoms with Crippen LogP contribution in [0, 0.1) is 0 Å². The van der Waals surface area contributed by atoms with Crippen LogP contribution in [0.25, 0.3) is 0 Å². The van der Waals surface area contributed by atoms with E-state index >= 15 is 0 Å². The van der Waals surface area contributed by atoms with Crippen molar-refractivity contribution in [2.24, 2.45) is 5.73 Å². The molecule has 2 amide bonds. The van der Waals surface area contributed by atoms with Crippen LogP contribution in [0.4, 0.5) is 0 Å². The van der Waals surface area contributed by atoms with Gasteiger partial charge in [-0.05, 0) is 25.7 Å². The lowest BCUT2D eigenvalue weighted by Crippen LogP contribution is -2.42. The molecule has 1 unspecified atom stereocenters. The Balaban J connectivity index is 2.17. The SMILES string of the molecule is CCC(N)C(=O)NCCC(=O)N1CCCCC1. The van der Waals surface area contributed by atoms with Crippen molar-refractivity contribution in [3.8, 4) is 0 Å². The molecule has 0 radical (unpaired) electrons. The lowest BCUT2D eigenvalue weighted by atomic mass is 10.1. The highest BCUT2D eigenvalue weighted by Crippen LogP contribution is 2.09. The zero-order valence-electron chi connectivity index (χ0n) is 10.6. The third-order valence-electron chi connectivity index (χ3n) is 3.12. The number of hydrogen-bond donors (Lipinski definition) is 2. The minimum Gasteiger partial charge on any atom is -0.354 e. The molecule has 1 heterocycles. The van der Waals surface area contributed by atoms with E-state index in [0.717, 1.165) is 25.9 Å². The molecule has 0 aromatic heterocycles. The molecule has 1 fully saturated rings. The van der Waals surface area contributed by atoms with E-state index in [1.165, 1.54) is 6.42 Å². The topological polar surface area (TPSA) is 75.4 Å². The van der Waals surface area contributed by atoms with Crippen LogP contribution >= 0.6 is 0 Å². The van der Waals surface area contributed by atoms with Crippen molar-refractivity contribution in [2.45, 2.75) is 45.1 Å². The van der Waals surface area contributed by atoms with E-state index in [4.69, 9.17) is 5.73 Å². The number of carbonyl (C=O) groups is 2. The largest absolute Gasteiger partial charge is 0.354 e. The van der Waals surface area contributed by atoms with Gasteiger partial charge in [-0.15, -0.1) is 0 Å². The summed E-state index contributed by atoms with van der Waals surface area (Å²) in [5.74, 6) is -0.0333. The molecule has 0 aliphatic carbocycles. The Morgan fingerprint density at radius 1 is 1.29 bits per heavy atom. The van der Waals surface area contributed by atoms with Crippen molar-refractivity contribution in [1.29, 1.82) is 0 Å². The molecule has 98 valence electrons. The first-order chi connectivity index (χ1) is 8.15. The van der Waals surface area contributed by atoms with Crippen LogP contribution in [0.5, 0.6) is 0 Å². The van der Waals surface area contributed by atoms with E-state index in [1.807, 2.05) is 11.8 Å². The second kappa shape index (κ2) is 7.27. The van der Waals surface area contributed by atoms with E-state index in [1.54, 1.807) is 0 Å². The fraction of sp³-hybridized carbons (Fsp3) is 0.833. The predicted octanol–water partition coefficient (Wildman–Crippen LogP) is 0.243. The first-order valence-electron chi connectivity index (χ1n) is 6.46. The first kappa shape index (κ1) is 14.0. The summed E-state index contributed by atoms with van der Waals surface area (Å²) in [5.41, 5.74) is 5.57. The average Bonchev–Trinajstić information content (AvgIpc) is 2.38. The molecule has 1 saturated heterocycles. The molecular weight excluding hydrogens is 218 g/mol. The minimum atomic E-state index is -0.458. The Kier molecular flexibility index (Phi) is 5.97. The highest BCUT2D eigenvalue weighted by molar-refractivity contribution is 5.82. The van der Waals surface area contributed by atoms with E-state index in [-0.39, 0.29) is 11.8 Å². The van der Waals surface area contributed by atoms with Crippen molar-refractivity contribution in [3.63, 3.8) is 0 Å². The van der Waals surface area contributed by atoms with Gasteiger partial charge in [0.05, 0.1) is 6.04 Å². The summed E-state index contributed by atoms with van der Waals surface area (Å²) in [6, 6.07) is -0.458. The van der Waals surface area contributed by atoms with Crippen LogP contribution < -0.4 is 11.1 Å². The zero-order valence-corrected chi connectivity index (χ0v) is 10.6. The molecule has 0 bridgehead atoms. The molecular formula is C12H23N3O2. The molecule has 5 nitrogen and oxygen atoms in total. The zero-order chi connectivity index (χ0) is 12.7. The van der Waals surface area contributed by atoms with Crippen molar-refractivity contribution >= 4 is 11.8 Å². The summed E-state index contributed by atoms with van der Waals surface area (Å²) in [6.07, 6.45) is 4.40. The van der Waals surface area contributed by atoms with Crippen molar-refractivity contribution < 1.29 is 9.59 Å². The molecule has 1 aliphatic heterocycles. The molecule has 1 rings (SSSR count). The minimum absolute atomic E-state index is 0.134. The van der Waals surface area contributed by atoms with Gasteiger partial charge in [-0.3, -0.25) is 9.59 Å². The number of nitrogens with zero attached hydrogens (tertiary/aromatic N) is 1. The average molecular weight is 241 g/mol. The molecule has 0 spiro atoms. The number of nitrogens with one attached hydrogen (secondary N) is 1. The van der Waals surface area contributed by atoms with Gasteiger partial charge in [-0.2, -0.15) is 0 Å². The third-order valence-corrected chi connectivity index (χ3v) is 3.12. The van der Waals surface area contributed by atoms with Gasteiger partial charge < -0.3 is 16.0 Å². The molecule has 0 aromatic rings. The summed E-state index contributed by atoms with van der Waals surface area (Å²) < 4.78 is 0. The first-order valence-corrected chi connectivity index (χ1v) is 6.46. The van der Waals surface area contributed by atoms with Crippen LogP contribution in [0.3, 0.4) is 0 Å². The Hall–Kier alpha value is -1.10. The molecule has 5 heteroatoms. The Morgan fingerprint density at radius 2 is 1.94 bits per heavy atom. The molecule has 1 atom stereocenters. The van der Waals surface area contributed by atoms with Crippen LogP contribution in [-0.2, 0) is 9.59 Å². The van der Waals surface area contributed by atoms with E-state index in [9.17, 15) is 9.59 Å². The highest BCUT2D eigenvalue weighted by Gasteiger charge is 2.16. The fourth-order valence-electron chi connectivity index (χ4n) is 1.91. The van der Waals surface area contributed by atoms with Gasteiger partial charge in [0.25, 0.3) is 0 Å². The van der Waals surface area contributed by atoms with Gasteiger partial charge in [-0.25, -0.2) is 0 Å². The molecule has 1 aliphatic rings. The second-order valence-electron chi connectivity index (χ2n) is 4.50. The van der Waals surface area contributed by atoms with Gasteiger partial charge in [-0.1, -0.05) is 6.92 Å². The predicted molar refractivity (Wildman–Crippen MR) is 66.3 cm³/mol. The number of nitrogens with two attached hydrogens (primary N) is 1. The van der Waals surface area contributed by atoms with E-state index < -0.39 is 6.04 Å². The summed E-state index contributed by atoms with van der Waals surface area (Å²) in [6.45, 7) is 3.98. The van der Waals surface area contributed by atoms with Crippen molar-refractivity contribution in [2.75, 3.05) is 19.6 Å². The maximum atomic E-state index is 11.8. The fourth-order valence-corrected chi connectivity index (χ4v) is 1.91. The third kappa shape index (κ3) is 4.73. The number of hydrogen-bond acceptors (Lipinski definition) is 3. The van der Waals surface area contributed by atoms with Crippen molar-refractivity contribution in [1.82, 2.24) is 10.2 Å². The van der Waals surface area contributed by atoms with Crippen molar-refractivity contribution in [3.05, 3.63) is 0 Å². The van der Waals surface area contributed by atoms with Gasteiger partial charge in [0.15, 0.2) is 0 Å². The summed E-state index contributed by atoms with van der Waals surface area (Å²) in [4.78, 5) is 25.0. The Morgan fingerprint density at radius 3 is 2.53 bits per heavy atom. The van der Waals surface area contributed by atoms with Crippen LogP contribution in [0.2, 0.25) is 0 Å². The van der Waals surface area contributed by atoms with Gasteiger partial charge in [0.2, 0.25) is 11.8 Å². The number of carbonyl (C=O) groups excluding carboxylic acids is 2. The Bertz CT molecular complexity index is 262. The number of piperidine rings is 1. The quantitative estimate of drug-likeness (QED) is 0.724. The number of rotatable bonds is 5. The smallest absolute Gasteiger partial charge is 0.236 e. The molecule has 0 aromatic carbocycles. The van der Waals surface area contributed by atoms with Crippen LogP contribution in [0.15, 0.2) is 0 Å². The van der Waals surface area contributed by atoms with Gasteiger partial charge in [0, 0.05) is 26.1 Å². The van der Waals surface area contributed by atoms with E-state index in [0.29, 0.717) is 19.4 Å². The maximum absolute atomic E-state index is 11.8. The highest BCUT2D eigenvalue weighted by atomic mass is 16.2. The Labute approximate surface area is 103 Å². The summed E-state index contributed by atoms with van der Waals surface area (Å²) in [5, 5.41) is 2.69. The maximum Gasteiger partial charge on any atom is 0.236 e. The van der Waals surface area contributed by atoms with E-state index in [2.05, 4.69) is 5.32 Å². The van der Waals surface area contributed by atoms with Crippen LogP contribution in [0.1, 0.15) is 39.0 Å². The normalized spacial score (nSPS) is 17.6. The second-order valence-corrected chi connectivity index (χ2v) is 4.50.